The van der Waals surface area contributed by atoms with Crippen LogP contribution in [0.5, 0.6) is 34.5 Å². The van der Waals surface area contributed by atoms with E-state index in [4.69, 9.17) is 63.3 Å². The topological polar surface area (TPSA) is 262 Å². The number of hydrogen-bond donors (Lipinski definition) is 6. The Morgan fingerprint density at radius 1 is 0.444 bits per heavy atom. The van der Waals surface area contributed by atoms with Crippen LogP contribution in [0.4, 0.5) is 5.69 Å². The number of methoxy groups -OCH3 is 6. The molecule has 0 fully saturated rings. The molecule has 23 heteroatoms. The van der Waals surface area contributed by atoms with Gasteiger partial charge in [-0.15, -0.1) is 0 Å². The van der Waals surface area contributed by atoms with Crippen molar-refractivity contribution in [3.63, 3.8) is 0 Å². The second kappa shape index (κ2) is 38.0. The lowest BCUT2D eigenvalue weighted by Crippen LogP contribution is -2.16. The molecule has 3 atom stereocenters. The number of H-pyrrole nitrogens is 3. The highest BCUT2D eigenvalue weighted by Crippen LogP contribution is 2.45. The van der Waals surface area contributed by atoms with E-state index in [0.717, 1.165) is 103 Å². The summed E-state index contributed by atoms with van der Waals surface area (Å²) in [5.41, 5.74) is 21.2. The van der Waals surface area contributed by atoms with Crippen LogP contribution in [-0.4, -0.2) is 109 Å². The Hall–Kier alpha value is -9.59. The van der Waals surface area contributed by atoms with E-state index in [2.05, 4.69) is 182 Å². The molecule has 0 aliphatic rings. The van der Waals surface area contributed by atoms with Crippen molar-refractivity contribution >= 4 is 98.4 Å². The van der Waals surface area contributed by atoms with Crippen molar-refractivity contribution in [1.29, 1.82) is 0 Å². The summed E-state index contributed by atoms with van der Waals surface area (Å²) in [7, 11) is 9.88. The van der Waals surface area contributed by atoms with Crippen molar-refractivity contribution in [3.05, 3.63) is 222 Å². The SMILES string of the molecule is COCCC(Oc1ccccc1C(N)=O)c1cc(OC)c2[nH]c(-c3ccc(C(C)C)cc3)nc2c1Br.COCCC(Oc1ccccc1CO)c1cc(OC)c2[nH]c(-c3ccc(C(C)C)cc3)nc2c1Br.COCCC(Oc1ccccc1NC(C)=O)c1cc(OC)c2[nH]c(-c3ccc(C(C)C)cc3)nc2c1Br. The van der Waals surface area contributed by atoms with Crippen LogP contribution in [0.3, 0.4) is 0 Å². The highest BCUT2D eigenvalue weighted by molar-refractivity contribution is 9.11. The van der Waals surface area contributed by atoms with E-state index in [1.54, 1.807) is 66.9 Å². The number of para-hydroxylation sites is 4. The summed E-state index contributed by atoms with van der Waals surface area (Å²) in [6.45, 7) is 15.9. The van der Waals surface area contributed by atoms with E-state index < -0.39 is 18.1 Å². The van der Waals surface area contributed by atoms with E-state index in [-0.39, 0.29) is 18.6 Å². The molecule has 12 rings (SSSR count). The fraction of sp³-hybridized carbons (Fsp3) is 0.306. The first kappa shape index (κ1) is 80.9. The molecule has 7 N–H and O–H groups in total. The molecule has 0 spiro atoms. The van der Waals surface area contributed by atoms with Gasteiger partial charge in [0.2, 0.25) is 5.91 Å². The van der Waals surface area contributed by atoms with E-state index >= 15 is 0 Å². The minimum Gasteiger partial charge on any atom is -0.494 e. The molecular formula is C85H93Br3N8O12. The molecule has 0 radical (unpaired) electrons. The average molecular weight is 1660 g/mol. The number of carbonyl (C=O) groups is 2. The third kappa shape index (κ3) is 19.3. The number of rotatable bonds is 30. The van der Waals surface area contributed by atoms with Crippen LogP contribution in [0.15, 0.2) is 177 Å². The van der Waals surface area contributed by atoms with Crippen LogP contribution in [0.1, 0.15) is 153 Å². The third-order valence-corrected chi connectivity index (χ3v) is 20.9. The van der Waals surface area contributed by atoms with Gasteiger partial charge in [0.25, 0.3) is 5.91 Å². The number of imidazole rings is 3. The number of carbonyl (C=O) groups excluding carboxylic acids is 2. The molecular weight excluding hydrogens is 1560 g/mol. The van der Waals surface area contributed by atoms with Gasteiger partial charge < -0.3 is 73.7 Å². The number of halogens is 3. The van der Waals surface area contributed by atoms with Crippen molar-refractivity contribution in [2.24, 2.45) is 5.73 Å². The zero-order valence-corrected chi connectivity index (χ0v) is 67.8. The molecule has 3 heterocycles. The van der Waals surface area contributed by atoms with Crippen molar-refractivity contribution < 1.29 is 57.3 Å². The van der Waals surface area contributed by atoms with Gasteiger partial charge >= 0.3 is 0 Å². The number of primary amides is 1. The zero-order valence-electron chi connectivity index (χ0n) is 63.0. The number of nitrogens with one attached hydrogen (secondary N) is 4. The maximum atomic E-state index is 12.0. The molecule has 0 aliphatic carbocycles. The average Bonchev–Trinajstić information content (AvgIpc) is 1.60. The number of aromatic amines is 3. The van der Waals surface area contributed by atoms with Crippen LogP contribution in [0.25, 0.3) is 67.3 Å². The number of benzene rings is 9. The highest BCUT2D eigenvalue weighted by atomic mass is 79.9. The molecule has 3 unspecified atom stereocenters. The molecule has 108 heavy (non-hydrogen) atoms. The van der Waals surface area contributed by atoms with E-state index in [1.165, 1.54) is 23.6 Å². The minimum absolute atomic E-state index is 0.102. The van der Waals surface area contributed by atoms with Crippen molar-refractivity contribution in [1.82, 2.24) is 29.9 Å². The second-order valence-corrected chi connectivity index (χ2v) is 29.0. The molecule has 0 saturated heterocycles. The molecule has 3 aromatic heterocycles. The predicted octanol–water partition coefficient (Wildman–Crippen LogP) is 20.4. The van der Waals surface area contributed by atoms with Crippen LogP contribution in [0, 0.1) is 0 Å². The Labute approximate surface area is 655 Å². The molecule has 0 bridgehead atoms. The molecule has 2 amide bonds. The maximum absolute atomic E-state index is 12.0. The summed E-state index contributed by atoms with van der Waals surface area (Å²) >= 11 is 11.4. The lowest BCUT2D eigenvalue weighted by atomic mass is 10.0. The fourth-order valence-corrected chi connectivity index (χ4v) is 14.4. The van der Waals surface area contributed by atoms with Gasteiger partial charge in [-0.25, -0.2) is 15.0 Å². The van der Waals surface area contributed by atoms with E-state index in [0.29, 0.717) is 103 Å². The summed E-state index contributed by atoms with van der Waals surface area (Å²) in [6, 6.07) is 52.9. The number of aliphatic hydroxyl groups excluding tert-OH is 1. The van der Waals surface area contributed by atoms with Gasteiger partial charge in [0, 0.05) is 86.5 Å². The normalized spacial score (nSPS) is 12.2. The minimum atomic E-state index is -0.552. The van der Waals surface area contributed by atoms with Crippen molar-refractivity contribution in [2.75, 3.05) is 67.8 Å². The summed E-state index contributed by atoms with van der Waals surface area (Å²) in [5, 5.41) is 12.6. The monoisotopic (exact) mass is 1650 g/mol. The summed E-state index contributed by atoms with van der Waals surface area (Å²) in [6.07, 6.45) is 0.520. The first-order chi connectivity index (χ1) is 52.1. The number of anilines is 1. The summed E-state index contributed by atoms with van der Waals surface area (Å²) in [4.78, 5) is 48.7. The molecule has 12 aromatic rings. The Balaban J connectivity index is 0.000000173. The zero-order chi connectivity index (χ0) is 77.3. The molecule has 20 nitrogen and oxygen atoms in total. The number of ether oxygens (including phenoxy) is 9. The number of nitrogens with two attached hydrogens (primary N) is 1. The summed E-state index contributed by atoms with van der Waals surface area (Å²) in [5.74, 6) is 6.51. The number of hydrogen-bond acceptors (Lipinski definition) is 15. The fourth-order valence-electron chi connectivity index (χ4n) is 12.4. The molecule has 0 aliphatic heterocycles. The van der Waals surface area contributed by atoms with Crippen molar-refractivity contribution in [2.45, 2.75) is 110 Å². The second-order valence-electron chi connectivity index (χ2n) is 26.7. The van der Waals surface area contributed by atoms with E-state index in [1.807, 2.05) is 66.7 Å². The van der Waals surface area contributed by atoms with E-state index in [9.17, 15) is 14.7 Å². The lowest BCUT2D eigenvalue weighted by molar-refractivity contribution is -0.114. The first-order valence-corrected chi connectivity index (χ1v) is 38.0. The van der Waals surface area contributed by atoms with Gasteiger partial charge in [-0.2, -0.15) is 0 Å². The predicted molar refractivity (Wildman–Crippen MR) is 437 cm³/mol. The van der Waals surface area contributed by atoms with Crippen LogP contribution >= 0.6 is 47.8 Å². The van der Waals surface area contributed by atoms with Gasteiger partial charge in [-0.3, -0.25) is 9.59 Å². The Kier molecular flexibility index (Phi) is 28.5. The molecule has 566 valence electrons. The number of aliphatic hydroxyl groups is 1. The van der Waals surface area contributed by atoms with Gasteiger partial charge in [0.05, 0.1) is 72.4 Å². The van der Waals surface area contributed by atoms with Crippen LogP contribution < -0.4 is 39.5 Å². The first-order valence-electron chi connectivity index (χ1n) is 35.6. The number of nitrogens with zero attached hydrogens (tertiary/aromatic N) is 3. The Morgan fingerprint density at radius 2 is 0.769 bits per heavy atom. The van der Waals surface area contributed by atoms with Crippen molar-refractivity contribution in [3.8, 4) is 68.7 Å². The number of fused-ring (bicyclic) bond motifs is 3. The number of aromatic nitrogens is 6. The van der Waals surface area contributed by atoms with Crippen LogP contribution in [0.2, 0.25) is 0 Å². The Morgan fingerprint density at radius 3 is 1.10 bits per heavy atom. The standard InChI is InChI=1S/C29H32BrN3O4.C28H30BrN3O4.C28H31BrN2O4/c1-17(2)19-10-12-20(13-11-19)29-32-27-25(36-5)16-21(26(30)28(27)33-29)23(14-15-35-4)37-24-9-7-6-8-22(24)31-18(3)34;1-16(2)17-9-11-18(12-10-17)28-31-25-23(35-4)15-20(24(29)26(25)32-28)22(13-14-34-3)36-21-8-6-5-7-19(21)27(30)33;1-17(2)18-9-11-19(12-10-18)28-30-26-24(34-4)15-21(25(29)27(26)31-28)23(13-14-33-3)35-22-8-6-5-7-20(22)16-32/h6-13,16-17,23H,14-15H2,1-5H3,(H,31,34)(H,32,33);5-12,15-16,22H,13-14H2,1-4H3,(H2,30,33)(H,31,32);5-12,15,17,23,32H,13-14,16H2,1-4H3,(H,30,31). The molecule has 0 saturated carbocycles. The lowest BCUT2D eigenvalue weighted by Gasteiger charge is -2.23. The van der Waals surface area contributed by atoms with Gasteiger partial charge in [0.15, 0.2) is 0 Å². The summed E-state index contributed by atoms with van der Waals surface area (Å²) < 4.78 is 55.0. The largest absolute Gasteiger partial charge is 0.494 e. The van der Waals surface area contributed by atoms with Crippen LogP contribution in [-0.2, 0) is 25.6 Å². The maximum Gasteiger partial charge on any atom is 0.252 e. The van der Waals surface area contributed by atoms with Gasteiger partial charge in [-0.05, 0) is 131 Å². The third-order valence-electron chi connectivity index (χ3n) is 18.4. The van der Waals surface area contributed by atoms with Gasteiger partial charge in [-0.1, -0.05) is 157 Å². The highest BCUT2D eigenvalue weighted by Gasteiger charge is 2.29. The van der Waals surface area contributed by atoms with Gasteiger partial charge in [0.1, 0.15) is 103 Å². The Bertz CT molecular complexity index is 5020. The number of amides is 2. The quantitative estimate of drug-likeness (QED) is 0.0245. The smallest absolute Gasteiger partial charge is 0.252 e. The molecule has 9 aromatic carbocycles.